The van der Waals surface area contributed by atoms with Crippen molar-refractivity contribution in [3.05, 3.63) is 212 Å². The van der Waals surface area contributed by atoms with Crippen molar-refractivity contribution in [2.45, 2.75) is 0 Å². The van der Waals surface area contributed by atoms with Crippen LogP contribution in [0.3, 0.4) is 0 Å². The van der Waals surface area contributed by atoms with Crippen molar-refractivity contribution in [2.24, 2.45) is 0 Å². The van der Waals surface area contributed by atoms with E-state index in [0.717, 1.165) is 11.4 Å². The SMILES string of the molecule is c1ccc(-n2c3ccc(-c4ccc5c(c4)c4ccccc4n5-c4cccc5ccccc45)cc3c3cc4c5ccccc5n(-c5ccc6ccccc6c5)c4cc32)cc1. The number of hydrogen-bond donors (Lipinski definition) is 0. The Bertz CT molecular complexity index is 3840. The first-order valence-electron chi connectivity index (χ1n) is 20.3. The van der Waals surface area contributed by atoms with Crippen LogP contribution in [0.2, 0.25) is 0 Å². The predicted molar refractivity (Wildman–Crippen MR) is 250 cm³/mol. The number of rotatable bonds is 4. The van der Waals surface area contributed by atoms with E-state index < -0.39 is 0 Å². The first kappa shape index (κ1) is 32.2. The summed E-state index contributed by atoms with van der Waals surface area (Å²) < 4.78 is 7.32. The van der Waals surface area contributed by atoms with E-state index in [9.17, 15) is 0 Å². The molecule has 0 saturated heterocycles. The van der Waals surface area contributed by atoms with Crippen LogP contribution in [0.1, 0.15) is 0 Å². The molecule has 13 rings (SSSR count). The Kier molecular flexibility index (Phi) is 6.72. The van der Waals surface area contributed by atoms with Crippen LogP contribution in [0, 0.1) is 0 Å². The molecule has 0 atom stereocenters. The lowest BCUT2D eigenvalue weighted by molar-refractivity contribution is 1.17. The molecule has 0 aliphatic carbocycles. The van der Waals surface area contributed by atoms with Crippen molar-refractivity contribution >= 4 is 87.0 Å². The van der Waals surface area contributed by atoms with Crippen molar-refractivity contribution in [2.75, 3.05) is 0 Å². The van der Waals surface area contributed by atoms with E-state index in [2.05, 4.69) is 226 Å². The Morgan fingerprint density at radius 2 is 0.729 bits per heavy atom. The zero-order valence-corrected chi connectivity index (χ0v) is 32.0. The molecule has 10 aromatic carbocycles. The zero-order valence-electron chi connectivity index (χ0n) is 32.0. The van der Waals surface area contributed by atoms with Gasteiger partial charge in [0.1, 0.15) is 0 Å². The maximum Gasteiger partial charge on any atom is 0.0562 e. The molecule has 0 radical (unpaired) electrons. The topological polar surface area (TPSA) is 14.8 Å². The molecule has 0 spiro atoms. The Labute approximate surface area is 339 Å². The molecule has 3 nitrogen and oxygen atoms in total. The lowest BCUT2D eigenvalue weighted by Gasteiger charge is -2.12. The van der Waals surface area contributed by atoms with Gasteiger partial charge in [-0.2, -0.15) is 0 Å². The van der Waals surface area contributed by atoms with E-state index in [1.165, 1.54) is 104 Å². The van der Waals surface area contributed by atoms with Crippen molar-refractivity contribution in [1.29, 1.82) is 0 Å². The summed E-state index contributed by atoms with van der Waals surface area (Å²) in [4.78, 5) is 0. The molecule has 3 heteroatoms. The van der Waals surface area contributed by atoms with Gasteiger partial charge in [0.2, 0.25) is 0 Å². The van der Waals surface area contributed by atoms with Crippen molar-refractivity contribution in [3.8, 4) is 28.2 Å². The Balaban J connectivity index is 1.06. The second-order valence-electron chi connectivity index (χ2n) is 15.8. The lowest BCUT2D eigenvalue weighted by Crippen LogP contribution is -1.96. The summed E-state index contributed by atoms with van der Waals surface area (Å²) in [6, 6.07) is 78.1. The molecular weight excluding hydrogens is 715 g/mol. The molecule has 274 valence electrons. The van der Waals surface area contributed by atoms with Crippen molar-refractivity contribution in [3.63, 3.8) is 0 Å². The molecule has 0 N–H and O–H groups in total. The molecule has 3 aromatic heterocycles. The van der Waals surface area contributed by atoms with Gasteiger partial charge in [-0.3, -0.25) is 0 Å². The van der Waals surface area contributed by atoms with Gasteiger partial charge >= 0.3 is 0 Å². The van der Waals surface area contributed by atoms with E-state index >= 15 is 0 Å². The van der Waals surface area contributed by atoms with Crippen molar-refractivity contribution in [1.82, 2.24) is 13.7 Å². The largest absolute Gasteiger partial charge is 0.309 e. The summed E-state index contributed by atoms with van der Waals surface area (Å²) in [5.41, 5.74) is 13.1. The van der Waals surface area contributed by atoms with Crippen molar-refractivity contribution < 1.29 is 0 Å². The first-order valence-corrected chi connectivity index (χ1v) is 20.3. The van der Waals surface area contributed by atoms with E-state index in [-0.39, 0.29) is 0 Å². The first-order chi connectivity index (χ1) is 29.3. The normalized spacial score (nSPS) is 12.1. The smallest absolute Gasteiger partial charge is 0.0562 e. The summed E-state index contributed by atoms with van der Waals surface area (Å²) >= 11 is 0. The second kappa shape index (κ2) is 12.3. The summed E-state index contributed by atoms with van der Waals surface area (Å²) in [5, 5.41) is 12.5. The van der Waals surface area contributed by atoms with Gasteiger partial charge in [-0.1, -0.05) is 133 Å². The molecule has 0 saturated carbocycles. The van der Waals surface area contributed by atoms with Crippen LogP contribution in [0.15, 0.2) is 212 Å². The van der Waals surface area contributed by atoms with E-state index in [0.29, 0.717) is 0 Å². The molecule has 0 aliphatic heterocycles. The minimum Gasteiger partial charge on any atom is -0.309 e. The second-order valence-corrected chi connectivity index (χ2v) is 15.8. The Morgan fingerprint density at radius 3 is 1.47 bits per heavy atom. The molecular formula is C56H35N3. The van der Waals surface area contributed by atoms with Gasteiger partial charge in [0.25, 0.3) is 0 Å². The minimum absolute atomic E-state index is 1.15. The quantitative estimate of drug-likeness (QED) is 0.170. The van der Waals surface area contributed by atoms with Gasteiger partial charge in [-0.05, 0) is 106 Å². The van der Waals surface area contributed by atoms with Crippen LogP contribution in [-0.4, -0.2) is 13.7 Å². The van der Waals surface area contributed by atoms with Gasteiger partial charge in [0.05, 0.1) is 38.8 Å². The van der Waals surface area contributed by atoms with Gasteiger partial charge in [-0.25, -0.2) is 0 Å². The maximum atomic E-state index is 2.44. The van der Waals surface area contributed by atoms with Gasteiger partial charge in [0, 0.05) is 49.1 Å². The van der Waals surface area contributed by atoms with Crippen LogP contribution in [0.25, 0.3) is 115 Å². The third kappa shape index (κ3) is 4.70. The van der Waals surface area contributed by atoms with Gasteiger partial charge in [0.15, 0.2) is 0 Å². The predicted octanol–water partition coefficient (Wildman–Crippen LogP) is 15.0. The van der Waals surface area contributed by atoms with Gasteiger partial charge < -0.3 is 13.7 Å². The van der Waals surface area contributed by atoms with E-state index in [1.807, 2.05) is 0 Å². The molecule has 0 fully saturated rings. The van der Waals surface area contributed by atoms with Crippen LogP contribution < -0.4 is 0 Å². The summed E-state index contributed by atoms with van der Waals surface area (Å²) in [6.07, 6.45) is 0. The van der Waals surface area contributed by atoms with Crippen LogP contribution >= 0.6 is 0 Å². The van der Waals surface area contributed by atoms with E-state index in [4.69, 9.17) is 0 Å². The molecule has 0 bridgehead atoms. The summed E-state index contributed by atoms with van der Waals surface area (Å²) in [5.74, 6) is 0. The zero-order chi connectivity index (χ0) is 38.6. The molecule has 3 heterocycles. The maximum absolute atomic E-state index is 2.44. The fraction of sp³-hybridized carbons (Fsp3) is 0. The Morgan fingerprint density at radius 1 is 0.220 bits per heavy atom. The number of aromatic nitrogens is 3. The highest BCUT2D eigenvalue weighted by molar-refractivity contribution is 6.20. The van der Waals surface area contributed by atoms with E-state index in [1.54, 1.807) is 0 Å². The van der Waals surface area contributed by atoms with Crippen LogP contribution in [-0.2, 0) is 0 Å². The number of hydrogen-bond acceptors (Lipinski definition) is 0. The number of para-hydroxylation sites is 3. The minimum atomic E-state index is 1.15. The number of fused-ring (bicyclic) bond motifs is 11. The number of benzene rings is 10. The van der Waals surface area contributed by atoms with Crippen LogP contribution in [0.4, 0.5) is 0 Å². The highest BCUT2D eigenvalue weighted by Gasteiger charge is 2.20. The standard InChI is InChI=1S/C56H35N3/c1-2-17-41(18-3-1)57-53-29-26-40(39-27-30-54-46(32-39)44-20-9-11-23-52(44)59(54)50-24-12-16-37-14-6-7-19-43(37)50)33-47(53)49-34-48-45-21-8-10-22-51(45)58(55(48)35-56(49)57)42-28-25-36-13-4-5-15-38(36)31-42/h1-35H. The monoisotopic (exact) mass is 749 g/mol. The summed E-state index contributed by atoms with van der Waals surface area (Å²) in [7, 11) is 0. The molecule has 59 heavy (non-hydrogen) atoms. The number of nitrogens with zero attached hydrogens (tertiary/aromatic N) is 3. The third-order valence-electron chi connectivity index (χ3n) is 12.6. The fourth-order valence-electron chi connectivity index (χ4n) is 9.93. The summed E-state index contributed by atoms with van der Waals surface area (Å²) in [6.45, 7) is 0. The fourth-order valence-corrected chi connectivity index (χ4v) is 9.93. The molecule has 0 amide bonds. The molecule has 0 unspecified atom stereocenters. The average molecular weight is 750 g/mol. The lowest BCUT2D eigenvalue weighted by atomic mass is 10.00. The Hall–Kier alpha value is -7.88. The molecule has 0 aliphatic rings. The highest BCUT2D eigenvalue weighted by Crippen LogP contribution is 2.42. The average Bonchev–Trinajstić information content (AvgIpc) is 3.92. The van der Waals surface area contributed by atoms with Gasteiger partial charge in [-0.15, -0.1) is 0 Å². The third-order valence-corrected chi connectivity index (χ3v) is 12.6. The van der Waals surface area contributed by atoms with Crippen LogP contribution in [0.5, 0.6) is 0 Å². The molecule has 13 aromatic rings. The highest BCUT2D eigenvalue weighted by atomic mass is 15.0.